The molecule has 1 aliphatic carbocycles. The fraction of sp³-hybridized carbons (Fsp3) is 0.588. The number of hydrogen-bond acceptors (Lipinski definition) is 4. The average molecular weight is 288 g/mol. The summed E-state index contributed by atoms with van der Waals surface area (Å²) in [6.45, 7) is 8.07. The molecule has 1 aliphatic rings. The molecular weight excluding hydrogens is 264 g/mol. The summed E-state index contributed by atoms with van der Waals surface area (Å²) in [6.07, 6.45) is 1.39. The summed E-state index contributed by atoms with van der Waals surface area (Å²) in [5, 5.41) is 12.6. The predicted octanol–water partition coefficient (Wildman–Crippen LogP) is 2.86. The highest BCUT2D eigenvalue weighted by Gasteiger charge is 2.48. The molecule has 1 aromatic rings. The zero-order valence-corrected chi connectivity index (χ0v) is 13.3. The molecule has 0 aromatic heterocycles. The van der Waals surface area contributed by atoms with Crippen molar-refractivity contribution in [1.29, 1.82) is 5.26 Å². The number of ether oxygens (including phenoxy) is 2. The van der Waals surface area contributed by atoms with Crippen LogP contribution in [0.2, 0.25) is 0 Å². The largest absolute Gasteiger partial charge is 0.495 e. The molecule has 1 fully saturated rings. The lowest BCUT2D eigenvalue weighted by Gasteiger charge is -2.52. The number of methoxy groups -OCH3 is 1. The monoisotopic (exact) mass is 288 g/mol. The van der Waals surface area contributed by atoms with Gasteiger partial charge in [-0.1, -0.05) is 19.9 Å². The van der Waals surface area contributed by atoms with Gasteiger partial charge in [0, 0.05) is 24.6 Å². The molecule has 2 rings (SSSR count). The first-order valence-corrected chi connectivity index (χ1v) is 7.45. The van der Waals surface area contributed by atoms with E-state index in [1.165, 1.54) is 0 Å². The zero-order chi connectivity index (χ0) is 15.5. The number of nitriles is 1. The van der Waals surface area contributed by atoms with Gasteiger partial charge in [0.2, 0.25) is 0 Å². The third-order valence-electron chi connectivity index (χ3n) is 4.48. The molecule has 1 N–H and O–H groups in total. The van der Waals surface area contributed by atoms with Crippen molar-refractivity contribution < 1.29 is 9.47 Å². The van der Waals surface area contributed by atoms with Crippen LogP contribution in [0.25, 0.3) is 0 Å². The number of rotatable bonds is 6. The first-order valence-electron chi connectivity index (χ1n) is 7.45. The topological polar surface area (TPSA) is 54.3 Å². The molecule has 4 heteroatoms. The number of benzene rings is 1. The summed E-state index contributed by atoms with van der Waals surface area (Å²) >= 11 is 0. The van der Waals surface area contributed by atoms with Gasteiger partial charge in [0.25, 0.3) is 0 Å². The molecule has 1 aromatic carbocycles. The summed E-state index contributed by atoms with van der Waals surface area (Å²) in [5.74, 6) is 0.636. The van der Waals surface area contributed by atoms with Gasteiger partial charge in [-0.05, 0) is 31.0 Å². The molecule has 114 valence electrons. The Balaban J connectivity index is 1.94. The van der Waals surface area contributed by atoms with Crippen LogP contribution in [0.1, 0.15) is 38.3 Å². The van der Waals surface area contributed by atoms with Crippen LogP contribution in [-0.4, -0.2) is 25.9 Å². The summed E-state index contributed by atoms with van der Waals surface area (Å²) < 4.78 is 11.0. The lowest BCUT2D eigenvalue weighted by Crippen LogP contribution is -2.60. The normalized spacial score (nSPS) is 23.2. The van der Waals surface area contributed by atoms with Gasteiger partial charge in [0.15, 0.2) is 0 Å². The summed E-state index contributed by atoms with van der Waals surface area (Å²) in [6, 6.07) is 8.30. The van der Waals surface area contributed by atoms with E-state index in [0.29, 0.717) is 23.5 Å². The highest BCUT2D eigenvalue weighted by atomic mass is 16.5. The molecule has 0 amide bonds. The van der Waals surface area contributed by atoms with Crippen molar-refractivity contribution in [3.8, 4) is 11.8 Å². The van der Waals surface area contributed by atoms with Gasteiger partial charge in [0.05, 0.1) is 18.8 Å². The van der Waals surface area contributed by atoms with Crippen LogP contribution in [0.5, 0.6) is 5.75 Å². The van der Waals surface area contributed by atoms with Crippen molar-refractivity contribution in [2.75, 3.05) is 13.7 Å². The minimum absolute atomic E-state index is 0.159. The smallest absolute Gasteiger partial charge is 0.136 e. The van der Waals surface area contributed by atoms with Crippen LogP contribution < -0.4 is 10.1 Å². The minimum atomic E-state index is 0.159. The first-order chi connectivity index (χ1) is 10.0. The molecule has 0 heterocycles. The molecule has 0 radical (unpaired) electrons. The highest BCUT2D eigenvalue weighted by Crippen LogP contribution is 2.42. The van der Waals surface area contributed by atoms with E-state index in [1.807, 2.05) is 25.1 Å². The van der Waals surface area contributed by atoms with Crippen LogP contribution in [-0.2, 0) is 11.3 Å². The lowest BCUT2D eigenvalue weighted by atomic mass is 9.64. The third-order valence-corrected chi connectivity index (χ3v) is 4.48. The molecule has 0 spiro atoms. The SMILES string of the molecule is CCOC1CC(NCc2ccc(C#N)c(OC)c2)C1(C)C. The van der Waals surface area contributed by atoms with E-state index in [4.69, 9.17) is 14.7 Å². The average Bonchev–Trinajstić information content (AvgIpc) is 2.49. The predicted molar refractivity (Wildman–Crippen MR) is 82.1 cm³/mol. The number of nitrogens with one attached hydrogen (secondary N) is 1. The fourth-order valence-electron chi connectivity index (χ4n) is 2.89. The fourth-order valence-corrected chi connectivity index (χ4v) is 2.89. The Morgan fingerprint density at radius 2 is 2.19 bits per heavy atom. The minimum Gasteiger partial charge on any atom is -0.495 e. The van der Waals surface area contributed by atoms with Gasteiger partial charge in [0.1, 0.15) is 11.8 Å². The third kappa shape index (κ3) is 3.20. The molecule has 0 saturated heterocycles. The van der Waals surface area contributed by atoms with E-state index in [-0.39, 0.29) is 5.41 Å². The van der Waals surface area contributed by atoms with Crippen LogP contribution >= 0.6 is 0 Å². The first kappa shape index (κ1) is 15.8. The van der Waals surface area contributed by atoms with Gasteiger partial charge in [-0.15, -0.1) is 0 Å². The van der Waals surface area contributed by atoms with Gasteiger partial charge >= 0.3 is 0 Å². The second kappa shape index (κ2) is 6.46. The quantitative estimate of drug-likeness (QED) is 0.874. The molecule has 1 saturated carbocycles. The second-order valence-electron chi connectivity index (χ2n) is 6.08. The number of nitrogens with zero attached hydrogens (tertiary/aromatic N) is 1. The molecule has 0 bridgehead atoms. The van der Waals surface area contributed by atoms with Crippen molar-refractivity contribution >= 4 is 0 Å². The van der Waals surface area contributed by atoms with Crippen molar-refractivity contribution in [3.63, 3.8) is 0 Å². The maximum atomic E-state index is 8.99. The van der Waals surface area contributed by atoms with E-state index < -0.39 is 0 Å². The van der Waals surface area contributed by atoms with Crippen LogP contribution in [0.4, 0.5) is 0 Å². The maximum absolute atomic E-state index is 8.99. The molecule has 2 atom stereocenters. The van der Waals surface area contributed by atoms with Gasteiger partial charge in [-0.25, -0.2) is 0 Å². The van der Waals surface area contributed by atoms with E-state index in [9.17, 15) is 0 Å². The van der Waals surface area contributed by atoms with Gasteiger partial charge in [-0.3, -0.25) is 0 Å². The Hall–Kier alpha value is -1.57. The number of hydrogen-bond donors (Lipinski definition) is 1. The van der Waals surface area contributed by atoms with Gasteiger partial charge in [-0.2, -0.15) is 5.26 Å². The van der Waals surface area contributed by atoms with E-state index in [2.05, 4.69) is 25.2 Å². The molecule has 0 aliphatic heterocycles. The van der Waals surface area contributed by atoms with Crippen molar-refractivity contribution in [2.45, 2.75) is 45.9 Å². The molecular formula is C17H24N2O2. The zero-order valence-electron chi connectivity index (χ0n) is 13.3. The lowest BCUT2D eigenvalue weighted by molar-refractivity contribution is -0.114. The van der Waals surface area contributed by atoms with E-state index >= 15 is 0 Å². The second-order valence-corrected chi connectivity index (χ2v) is 6.08. The van der Waals surface area contributed by atoms with Crippen LogP contribution in [0, 0.1) is 16.7 Å². The Labute approximate surface area is 127 Å². The Morgan fingerprint density at radius 1 is 1.43 bits per heavy atom. The summed E-state index contributed by atoms with van der Waals surface area (Å²) in [7, 11) is 1.59. The molecule has 21 heavy (non-hydrogen) atoms. The van der Waals surface area contributed by atoms with Crippen molar-refractivity contribution in [3.05, 3.63) is 29.3 Å². The van der Waals surface area contributed by atoms with Crippen molar-refractivity contribution in [1.82, 2.24) is 5.32 Å². The van der Waals surface area contributed by atoms with Crippen molar-refractivity contribution in [2.24, 2.45) is 5.41 Å². The van der Waals surface area contributed by atoms with Gasteiger partial charge < -0.3 is 14.8 Å². The Morgan fingerprint density at radius 3 is 2.76 bits per heavy atom. The van der Waals surface area contributed by atoms with E-state index in [0.717, 1.165) is 25.1 Å². The molecule has 4 nitrogen and oxygen atoms in total. The highest BCUT2D eigenvalue weighted by molar-refractivity contribution is 5.45. The standard InChI is InChI=1S/C17H24N2O2/c1-5-21-16-9-15(17(16,2)3)19-11-12-6-7-13(10-18)14(8-12)20-4/h6-8,15-16,19H,5,9,11H2,1-4H3. The van der Waals surface area contributed by atoms with E-state index in [1.54, 1.807) is 7.11 Å². The Bertz CT molecular complexity index is 534. The Kier molecular flexibility index (Phi) is 4.87. The molecule has 2 unspecified atom stereocenters. The summed E-state index contributed by atoms with van der Waals surface area (Å²) in [4.78, 5) is 0. The maximum Gasteiger partial charge on any atom is 0.136 e. The van der Waals surface area contributed by atoms with Crippen LogP contribution in [0.3, 0.4) is 0 Å². The summed E-state index contributed by atoms with van der Waals surface area (Å²) in [5.41, 5.74) is 1.86. The van der Waals surface area contributed by atoms with Crippen LogP contribution in [0.15, 0.2) is 18.2 Å².